The Hall–Kier alpha value is -1.43. The Labute approximate surface area is 203 Å². The normalized spacial score (nSPS) is 20.4. The summed E-state index contributed by atoms with van der Waals surface area (Å²) in [5, 5.41) is 1.59. The van der Waals surface area contributed by atoms with Crippen LogP contribution < -0.4 is 15.9 Å². The Morgan fingerprint density at radius 1 is 0.719 bits per heavy atom. The van der Waals surface area contributed by atoms with Gasteiger partial charge < -0.3 is 0 Å². The van der Waals surface area contributed by atoms with Crippen molar-refractivity contribution >= 4 is 36.7 Å². The molecule has 0 saturated heterocycles. The van der Waals surface area contributed by atoms with E-state index in [-0.39, 0.29) is 0 Å². The van der Waals surface area contributed by atoms with Gasteiger partial charge in [0, 0.05) is 0 Å². The molecule has 0 N–H and O–H groups in total. The van der Waals surface area contributed by atoms with E-state index in [1.807, 2.05) is 0 Å². The molecule has 1 fully saturated rings. The van der Waals surface area contributed by atoms with Crippen LogP contribution in [0.1, 0.15) is 69.8 Å². The Morgan fingerprint density at radius 3 is 1.81 bits per heavy atom. The number of unbranched alkanes of at least 4 members (excludes halogenated alkanes) is 2. The zero-order chi connectivity index (χ0) is 22.5. The Balaban J connectivity index is 1.73. The van der Waals surface area contributed by atoms with Crippen molar-refractivity contribution in [2.24, 2.45) is 5.92 Å². The first-order valence-corrected chi connectivity index (χ1v) is 17.2. The number of rotatable bonds is 8. The standard InChI is InChI=1S/C30H38BrP/c1-3-4-7-14-25-21-23-26(24-22-25)29-19-12-13-20-30(29)32(2,31,27-15-8-5-9-16-27)28-17-10-6-11-18-28/h5-6,8-13,15-20,25-26H,3-4,7,14,21-24H2,1-2H3. The van der Waals surface area contributed by atoms with Crippen molar-refractivity contribution in [3.8, 4) is 0 Å². The van der Waals surface area contributed by atoms with E-state index in [2.05, 4.69) is 114 Å². The predicted molar refractivity (Wildman–Crippen MR) is 149 cm³/mol. The summed E-state index contributed by atoms with van der Waals surface area (Å²) >= 11 is 4.52. The number of hydrogen-bond donors (Lipinski definition) is 0. The van der Waals surface area contributed by atoms with Crippen molar-refractivity contribution in [2.45, 2.75) is 64.2 Å². The molecule has 1 aliphatic rings. The average Bonchev–Trinajstić information content (AvgIpc) is 2.86. The molecule has 0 atom stereocenters. The van der Waals surface area contributed by atoms with E-state index in [0.717, 1.165) is 5.92 Å². The average molecular weight is 510 g/mol. The molecule has 0 heterocycles. The summed E-state index contributed by atoms with van der Waals surface area (Å²) in [6, 6.07) is 31.6. The summed E-state index contributed by atoms with van der Waals surface area (Å²) < 4.78 is 0. The molecule has 32 heavy (non-hydrogen) atoms. The summed E-state index contributed by atoms with van der Waals surface area (Å²) in [5.74, 6) is 1.61. The molecule has 1 aliphatic carbocycles. The van der Waals surface area contributed by atoms with E-state index < -0.39 is 5.31 Å². The second kappa shape index (κ2) is 10.2. The first-order chi connectivity index (χ1) is 15.5. The third kappa shape index (κ3) is 4.62. The van der Waals surface area contributed by atoms with Gasteiger partial charge >= 0.3 is 204 Å². The summed E-state index contributed by atoms with van der Waals surface area (Å²) in [6.45, 7) is 4.80. The SMILES string of the molecule is CCCCCC1CCC(c2ccccc2P(C)(Br)(c2ccccc2)c2ccccc2)CC1. The molecule has 4 rings (SSSR count). The third-order valence-electron chi connectivity index (χ3n) is 7.75. The van der Waals surface area contributed by atoms with Crippen LogP contribution >= 0.6 is 20.8 Å². The van der Waals surface area contributed by atoms with Gasteiger partial charge in [-0.2, -0.15) is 0 Å². The molecule has 0 aromatic heterocycles. The van der Waals surface area contributed by atoms with Crippen LogP contribution in [-0.4, -0.2) is 6.66 Å². The van der Waals surface area contributed by atoms with Gasteiger partial charge in [0.25, 0.3) is 0 Å². The van der Waals surface area contributed by atoms with Gasteiger partial charge in [0.2, 0.25) is 0 Å². The molecule has 170 valence electrons. The van der Waals surface area contributed by atoms with Gasteiger partial charge in [-0.05, 0) is 0 Å². The summed E-state index contributed by atoms with van der Waals surface area (Å²) in [6.07, 6.45) is 11.0. The zero-order valence-corrected chi connectivity index (χ0v) is 22.2. The second-order valence-corrected chi connectivity index (χ2v) is 19.6. The first-order valence-electron chi connectivity index (χ1n) is 12.5. The van der Waals surface area contributed by atoms with Crippen molar-refractivity contribution in [1.29, 1.82) is 0 Å². The Kier molecular flexibility index (Phi) is 7.58. The minimum atomic E-state index is -2.75. The predicted octanol–water partition coefficient (Wildman–Crippen LogP) is 8.31. The third-order valence-corrected chi connectivity index (χ3v) is 16.0. The first kappa shape index (κ1) is 23.7. The van der Waals surface area contributed by atoms with E-state index in [4.69, 9.17) is 0 Å². The molecule has 0 spiro atoms. The van der Waals surface area contributed by atoms with Gasteiger partial charge in [-0.15, -0.1) is 0 Å². The van der Waals surface area contributed by atoms with Gasteiger partial charge in [-0.3, -0.25) is 0 Å². The molecule has 3 aromatic rings. The number of halogens is 1. The van der Waals surface area contributed by atoms with Crippen LogP contribution in [0.25, 0.3) is 0 Å². The topological polar surface area (TPSA) is 0 Å². The van der Waals surface area contributed by atoms with E-state index in [0.29, 0.717) is 5.92 Å². The molecular formula is C30H38BrP. The fourth-order valence-corrected chi connectivity index (χ4v) is 12.1. The molecule has 0 unspecified atom stereocenters. The van der Waals surface area contributed by atoms with Crippen LogP contribution in [-0.2, 0) is 0 Å². The fourth-order valence-electron chi connectivity index (χ4n) is 5.75. The fraction of sp³-hybridized carbons (Fsp3) is 0.400. The van der Waals surface area contributed by atoms with E-state index in [1.165, 1.54) is 67.3 Å². The Morgan fingerprint density at radius 2 is 1.25 bits per heavy atom. The van der Waals surface area contributed by atoms with E-state index in [9.17, 15) is 0 Å². The quantitative estimate of drug-likeness (QED) is 0.212. The van der Waals surface area contributed by atoms with Crippen molar-refractivity contribution in [1.82, 2.24) is 0 Å². The van der Waals surface area contributed by atoms with Crippen LogP contribution in [0.4, 0.5) is 0 Å². The van der Waals surface area contributed by atoms with Crippen molar-refractivity contribution in [3.05, 3.63) is 90.5 Å². The minimum absolute atomic E-state index is 0.667. The van der Waals surface area contributed by atoms with Crippen LogP contribution in [0.15, 0.2) is 84.9 Å². The summed E-state index contributed by atoms with van der Waals surface area (Å²) in [4.78, 5) is 0. The van der Waals surface area contributed by atoms with Crippen LogP contribution in [0.5, 0.6) is 0 Å². The van der Waals surface area contributed by atoms with Crippen molar-refractivity contribution in [3.63, 3.8) is 0 Å². The maximum atomic E-state index is 4.52. The molecule has 3 aromatic carbocycles. The van der Waals surface area contributed by atoms with Crippen LogP contribution in [0.2, 0.25) is 0 Å². The molecule has 0 bridgehead atoms. The van der Waals surface area contributed by atoms with Gasteiger partial charge in [0.15, 0.2) is 0 Å². The molecular weight excluding hydrogens is 471 g/mol. The molecule has 2 heteroatoms. The van der Waals surface area contributed by atoms with Crippen LogP contribution in [0, 0.1) is 5.92 Å². The number of hydrogen-bond acceptors (Lipinski definition) is 0. The molecule has 0 amide bonds. The molecule has 0 radical (unpaired) electrons. The Bertz CT molecular complexity index is 944. The zero-order valence-electron chi connectivity index (χ0n) is 19.7. The summed E-state index contributed by atoms with van der Waals surface area (Å²) in [5.41, 5.74) is 1.57. The maximum absolute atomic E-state index is 4.52. The monoisotopic (exact) mass is 508 g/mol. The van der Waals surface area contributed by atoms with Crippen LogP contribution in [0.3, 0.4) is 0 Å². The number of benzene rings is 3. The van der Waals surface area contributed by atoms with Gasteiger partial charge in [-0.25, -0.2) is 0 Å². The van der Waals surface area contributed by atoms with Gasteiger partial charge in [0.05, 0.1) is 0 Å². The van der Waals surface area contributed by atoms with Gasteiger partial charge in [-0.1, -0.05) is 0 Å². The molecule has 0 nitrogen and oxygen atoms in total. The van der Waals surface area contributed by atoms with Crippen molar-refractivity contribution in [2.75, 3.05) is 6.66 Å². The molecule has 1 saturated carbocycles. The van der Waals surface area contributed by atoms with Gasteiger partial charge in [0.1, 0.15) is 0 Å². The van der Waals surface area contributed by atoms with E-state index in [1.54, 1.807) is 5.56 Å². The second-order valence-electron chi connectivity index (χ2n) is 9.87. The molecule has 0 aliphatic heterocycles. The summed E-state index contributed by atoms with van der Waals surface area (Å²) in [7, 11) is 0. The van der Waals surface area contributed by atoms with Crippen molar-refractivity contribution < 1.29 is 0 Å². The van der Waals surface area contributed by atoms with E-state index >= 15 is 0 Å².